The number of guanidine groups is 1. The number of amides is 1. The van der Waals surface area contributed by atoms with Crippen LogP contribution in [0.2, 0.25) is 0 Å². The van der Waals surface area contributed by atoms with Crippen molar-refractivity contribution < 1.29 is 9.53 Å². The van der Waals surface area contributed by atoms with Gasteiger partial charge in [-0.25, -0.2) is 4.99 Å². The van der Waals surface area contributed by atoms with Gasteiger partial charge in [-0.1, -0.05) is 19.1 Å². The first-order valence-corrected chi connectivity index (χ1v) is 10.3. The molecule has 0 bridgehead atoms. The van der Waals surface area contributed by atoms with Gasteiger partial charge in [0.2, 0.25) is 5.91 Å². The van der Waals surface area contributed by atoms with Crippen molar-refractivity contribution in [1.29, 1.82) is 0 Å². The van der Waals surface area contributed by atoms with E-state index in [2.05, 4.69) is 38.0 Å². The fraction of sp³-hybridized carbons (Fsp3) is 0.619. The van der Waals surface area contributed by atoms with Crippen LogP contribution in [0.15, 0.2) is 29.3 Å². The highest BCUT2D eigenvalue weighted by Gasteiger charge is 2.23. The maximum atomic E-state index is 11.8. The first kappa shape index (κ1) is 22.0. The molecule has 1 unspecified atom stereocenters. The molecule has 0 saturated carbocycles. The molecule has 1 aromatic rings. The van der Waals surface area contributed by atoms with Crippen molar-refractivity contribution in [1.82, 2.24) is 20.9 Å². The molecule has 0 radical (unpaired) electrons. The highest BCUT2D eigenvalue weighted by Crippen LogP contribution is 2.26. The van der Waals surface area contributed by atoms with Crippen LogP contribution in [0.25, 0.3) is 0 Å². The Kier molecular flexibility index (Phi) is 9.62. The predicted molar refractivity (Wildman–Crippen MR) is 114 cm³/mol. The summed E-state index contributed by atoms with van der Waals surface area (Å²) in [7, 11) is 1.68. The number of carbonyl (C=O) groups excluding carboxylic acids is 1. The van der Waals surface area contributed by atoms with E-state index in [4.69, 9.17) is 4.74 Å². The number of likely N-dealkylation sites (tertiary alicyclic amines) is 1. The van der Waals surface area contributed by atoms with Crippen molar-refractivity contribution in [2.75, 3.05) is 46.4 Å². The molecular weight excluding hydrogens is 354 g/mol. The Bertz CT molecular complexity index is 612. The monoisotopic (exact) mass is 389 g/mol. The lowest BCUT2D eigenvalue weighted by Gasteiger charge is -2.29. The van der Waals surface area contributed by atoms with E-state index in [1.807, 2.05) is 26.0 Å². The van der Waals surface area contributed by atoms with Crippen LogP contribution in [0.5, 0.6) is 5.75 Å². The molecule has 2 rings (SSSR count). The van der Waals surface area contributed by atoms with E-state index in [0.717, 1.165) is 38.3 Å². The molecule has 1 heterocycles. The summed E-state index contributed by atoms with van der Waals surface area (Å²) in [4.78, 5) is 18.8. The van der Waals surface area contributed by atoms with Gasteiger partial charge in [0, 0.05) is 19.6 Å². The van der Waals surface area contributed by atoms with E-state index in [1.54, 1.807) is 7.11 Å². The van der Waals surface area contributed by atoms with E-state index < -0.39 is 0 Å². The summed E-state index contributed by atoms with van der Waals surface area (Å²) in [5.74, 6) is 1.49. The van der Waals surface area contributed by atoms with Crippen molar-refractivity contribution in [3.8, 4) is 5.75 Å². The van der Waals surface area contributed by atoms with Crippen molar-refractivity contribution in [2.45, 2.75) is 39.2 Å². The minimum absolute atomic E-state index is 0.0506. The van der Waals surface area contributed by atoms with Crippen LogP contribution < -0.4 is 20.7 Å². The number of rotatable bonds is 10. The standard InChI is InChI=1S/C21H35N5O2/c1-4-12-23-20(27)16-25-21(22-5-2)24-15-19(26-13-6-7-14-26)17-8-10-18(28-3)11-9-17/h8-11,19H,4-7,12-16H2,1-3H3,(H,23,27)(H2,22,24,25). The third kappa shape index (κ3) is 7.03. The van der Waals surface area contributed by atoms with E-state index in [0.29, 0.717) is 12.5 Å². The lowest BCUT2D eigenvalue weighted by molar-refractivity contribution is -0.119. The molecule has 28 heavy (non-hydrogen) atoms. The number of nitrogens with one attached hydrogen (secondary N) is 3. The molecule has 3 N–H and O–H groups in total. The number of benzene rings is 1. The van der Waals surface area contributed by atoms with Crippen LogP contribution in [0.4, 0.5) is 0 Å². The summed E-state index contributed by atoms with van der Waals surface area (Å²) < 4.78 is 5.29. The van der Waals surface area contributed by atoms with Gasteiger partial charge >= 0.3 is 0 Å². The van der Waals surface area contributed by atoms with Gasteiger partial charge in [-0.15, -0.1) is 0 Å². The third-order valence-electron chi connectivity index (χ3n) is 4.84. The van der Waals surface area contributed by atoms with Gasteiger partial charge in [-0.2, -0.15) is 0 Å². The van der Waals surface area contributed by atoms with Gasteiger partial charge in [0.1, 0.15) is 12.3 Å². The summed E-state index contributed by atoms with van der Waals surface area (Å²) in [6.07, 6.45) is 3.39. The summed E-state index contributed by atoms with van der Waals surface area (Å²) in [5, 5.41) is 9.51. The van der Waals surface area contributed by atoms with Crippen LogP contribution in [0.3, 0.4) is 0 Å². The number of carbonyl (C=O) groups is 1. The fourth-order valence-corrected chi connectivity index (χ4v) is 3.34. The number of ether oxygens (including phenoxy) is 1. The largest absolute Gasteiger partial charge is 0.497 e. The van der Waals surface area contributed by atoms with Crippen molar-refractivity contribution in [3.63, 3.8) is 0 Å². The predicted octanol–water partition coefficient (Wildman–Crippen LogP) is 1.91. The van der Waals surface area contributed by atoms with Crippen molar-refractivity contribution in [3.05, 3.63) is 29.8 Å². The molecule has 0 aliphatic carbocycles. The second-order valence-corrected chi connectivity index (χ2v) is 6.96. The minimum Gasteiger partial charge on any atom is -0.497 e. The van der Waals surface area contributed by atoms with Crippen molar-refractivity contribution in [2.24, 2.45) is 4.99 Å². The molecule has 1 fully saturated rings. The van der Waals surface area contributed by atoms with Crippen LogP contribution in [0, 0.1) is 0 Å². The summed E-state index contributed by atoms with van der Waals surface area (Å²) in [5.41, 5.74) is 1.26. The van der Waals surface area contributed by atoms with E-state index in [-0.39, 0.29) is 18.5 Å². The van der Waals surface area contributed by atoms with Crippen LogP contribution in [0.1, 0.15) is 44.7 Å². The Labute approximate surface area is 168 Å². The molecule has 0 aromatic heterocycles. The number of hydrogen-bond acceptors (Lipinski definition) is 4. The lowest BCUT2D eigenvalue weighted by atomic mass is 10.1. The molecule has 1 aliphatic heterocycles. The summed E-state index contributed by atoms with van der Waals surface area (Å²) in [6.45, 7) is 8.56. The minimum atomic E-state index is -0.0506. The molecule has 0 spiro atoms. The average Bonchev–Trinajstić information content (AvgIpc) is 3.25. The number of hydrogen-bond donors (Lipinski definition) is 3. The molecule has 1 aliphatic rings. The van der Waals surface area contributed by atoms with E-state index in [9.17, 15) is 4.79 Å². The Hall–Kier alpha value is -2.28. The topological polar surface area (TPSA) is 78.0 Å². The highest BCUT2D eigenvalue weighted by atomic mass is 16.5. The second kappa shape index (κ2) is 12.2. The van der Waals surface area contributed by atoms with Gasteiger partial charge in [0.25, 0.3) is 0 Å². The van der Waals surface area contributed by atoms with Gasteiger partial charge in [-0.05, 0) is 57.0 Å². The third-order valence-corrected chi connectivity index (χ3v) is 4.84. The van der Waals surface area contributed by atoms with Crippen molar-refractivity contribution >= 4 is 11.9 Å². The maximum Gasteiger partial charge on any atom is 0.241 e. The van der Waals surface area contributed by atoms with Gasteiger partial charge in [0.05, 0.1) is 13.2 Å². The zero-order valence-electron chi connectivity index (χ0n) is 17.5. The molecule has 7 nitrogen and oxygen atoms in total. The number of nitrogens with zero attached hydrogens (tertiary/aromatic N) is 2. The quantitative estimate of drug-likeness (QED) is 0.421. The molecule has 7 heteroatoms. The summed E-state index contributed by atoms with van der Waals surface area (Å²) >= 11 is 0. The second-order valence-electron chi connectivity index (χ2n) is 6.96. The molecule has 1 aromatic carbocycles. The van der Waals surface area contributed by atoms with Gasteiger partial charge in [0.15, 0.2) is 5.96 Å². The molecule has 1 amide bonds. The molecule has 1 saturated heterocycles. The zero-order chi connectivity index (χ0) is 20.2. The SMILES string of the molecule is CCCNC(=O)CN=C(NCC)NCC(c1ccc(OC)cc1)N1CCCC1. The normalized spacial score (nSPS) is 15.9. The highest BCUT2D eigenvalue weighted by molar-refractivity contribution is 5.84. The number of methoxy groups -OCH3 is 1. The first-order chi connectivity index (χ1) is 13.7. The fourth-order valence-electron chi connectivity index (χ4n) is 3.34. The number of aliphatic imine (C=N–C) groups is 1. The maximum absolute atomic E-state index is 11.8. The van der Waals surface area contributed by atoms with Gasteiger partial charge in [-0.3, -0.25) is 9.69 Å². The van der Waals surface area contributed by atoms with Crippen LogP contribution in [-0.2, 0) is 4.79 Å². The first-order valence-electron chi connectivity index (χ1n) is 10.3. The van der Waals surface area contributed by atoms with Gasteiger partial charge < -0.3 is 20.7 Å². The van der Waals surface area contributed by atoms with E-state index in [1.165, 1.54) is 18.4 Å². The Morgan fingerprint density at radius 3 is 2.46 bits per heavy atom. The lowest BCUT2D eigenvalue weighted by Crippen LogP contribution is -2.43. The zero-order valence-corrected chi connectivity index (χ0v) is 17.5. The van der Waals surface area contributed by atoms with Crippen LogP contribution >= 0.6 is 0 Å². The molecule has 156 valence electrons. The Morgan fingerprint density at radius 1 is 1.14 bits per heavy atom. The summed E-state index contributed by atoms with van der Waals surface area (Å²) in [6, 6.07) is 8.54. The smallest absolute Gasteiger partial charge is 0.241 e. The average molecular weight is 390 g/mol. The Balaban J connectivity index is 2.02. The molecule has 1 atom stereocenters. The van der Waals surface area contributed by atoms with E-state index >= 15 is 0 Å². The Morgan fingerprint density at radius 2 is 1.86 bits per heavy atom. The molecular formula is C21H35N5O2. The van der Waals surface area contributed by atoms with Crippen LogP contribution in [-0.4, -0.2) is 63.1 Å².